The summed E-state index contributed by atoms with van der Waals surface area (Å²) in [6.07, 6.45) is -0.535. The molecule has 1 aliphatic heterocycles. The van der Waals surface area contributed by atoms with Gasteiger partial charge in [-0.1, -0.05) is 49.4 Å². The molecule has 10 heteroatoms. The van der Waals surface area contributed by atoms with Crippen molar-refractivity contribution in [1.29, 1.82) is 0 Å². The summed E-state index contributed by atoms with van der Waals surface area (Å²) in [6, 6.07) is 21.8. The summed E-state index contributed by atoms with van der Waals surface area (Å²) in [4.78, 5) is 42.6. The second-order valence-corrected chi connectivity index (χ2v) is 9.93. The normalized spacial score (nSPS) is 17.4. The van der Waals surface area contributed by atoms with Crippen LogP contribution in [0.15, 0.2) is 78.9 Å². The topological polar surface area (TPSA) is 123 Å². The number of para-hydroxylation sites is 3. The Balaban J connectivity index is 1.62. The summed E-state index contributed by atoms with van der Waals surface area (Å²) >= 11 is 0. The lowest BCUT2D eigenvalue weighted by atomic mass is 9.99. The molecular formula is C30H35N5O5. The van der Waals surface area contributed by atoms with E-state index < -0.39 is 18.2 Å². The average Bonchev–Trinajstić information content (AvgIpc) is 2.95. The number of nitrogens with zero attached hydrogens (tertiary/aromatic N) is 2. The Hall–Kier alpha value is -4.57. The molecule has 210 valence electrons. The lowest BCUT2D eigenvalue weighted by Crippen LogP contribution is -2.50. The van der Waals surface area contributed by atoms with E-state index in [-0.39, 0.29) is 42.3 Å². The van der Waals surface area contributed by atoms with Crippen LogP contribution in [0.25, 0.3) is 0 Å². The first-order chi connectivity index (χ1) is 19.3. The smallest absolute Gasteiger partial charge is 0.323 e. The van der Waals surface area contributed by atoms with Crippen LogP contribution in [-0.2, 0) is 0 Å². The number of rotatable bonds is 7. The molecule has 0 aromatic heterocycles. The maximum atomic E-state index is 13.6. The number of hydrogen-bond acceptors (Lipinski definition) is 5. The van der Waals surface area contributed by atoms with Crippen molar-refractivity contribution in [2.75, 3.05) is 42.7 Å². The van der Waals surface area contributed by atoms with Gasteiger partial charge in [0.2, 0.25) is 0 Å². The van der Waals surface area contributed by atoms with E-state index in [9.17, 15) is 19.5 Å². The maximum absolute atomic E-state index is 13.6. The molecule has 3 atom stereocenters. The van der Waals surface area contributed by atoms with Crippen LogP contribution in [0.3, 0.4) is 0 Å². The molecule has 4 N–H and O–H groups in total. The van der Waals surface area contributed by atoms with Crippen LogP contribution >= 0.6 is 0 Å². The molecule has 0 saturated carbocycles. The largest absolute Gasteiger partial charge is 0.485 e. The van der Waals surface area contributed by atoms with Gasteiger partial charge in [-0.25, -0.2) is 9.59 Å². The Labute approximate surface area is 233 Å². The second kappa shape index (κ2) is 13.0. The minimum Gasteiger partial charge on any atom is -0.485 e. The van der Waals surface area contributed by atoms with E-state index in [1.165, 1.54) is 4.90 Å². The fourth-order valence-corrected chi connectivity index (χ4v) is 4.46. The van der Waals surface area contributed by atoms with Crippen LogP contribution in [-0.4, -0.2) is 71.8 Å². The zero-order valence-electron chi connectivity index (χ0n) is 22.8. The molecule has 3 aromatic rings. The molecule has 0 bridgehead atoms. The lowest BCUT2D eigenvalue weighted by Gasteiger charge is -2.38. The third-order valence-corrected chi connectivity index (χ3v) is 6.80. The van der Waals surface area contributed by atoms with Crippen LogP contribution in [0.2, 0.25) is 0 Å². The van der Waals surface area contributed by atoms with Gasteiger partial charge in [0.25, 0.3) is 5.91 Å². The predicted molar refractivity (Wildman–Crippen MR) is 155 cm³/mol. The number of urea groups is 2. The van der Waals surface area contributed by atoms with Crippen LogP contribution < -0.4 is 20.7 Å². The number of benzene rings is 3. The molecule has 0 unspecified atom stereocenters. The fraction of sp³-hybridized carbons (Fsp3) is 0.300. The first-order valence-electron chi connectivity index (χ1n) is 13.2. The quantitative estimate of drug-likeness (QED) is 0.342. The zero-order chi connectivity index (χ0) is 28.6. The lowest BCUT2D eigenvalue weighted by molar-refractivity contribution is 0.0373. The van der Waals surface area contributed by atoms with Crippen molar-refractivity contribution in [3.05, 3.63) is 84.4 Å². The number of nitrogens with one attached hydrogen (secondary N) is 3. The fourth-order valence-electron chi connectivity index (χ4n) is 4.46. The average molecular weight is 546 g/mol. The van der Waals surface area contributed by atoms with Gasteiger partial charge in [0.05, 0.1) is 30.4 Å². The van der Waals surface area contributed by atoms with Crippen molar-refractivity contribution in [2.45, 2.75) is 26.0 Å². The minimum absolute atomic E-state index is 0.208. The van der Waals surface area contributed by atoms with Crippen LogP contribution in [0.5, 0.6) is 5.75 Å². The standard InChI is InChI=1S/C30H35N5O5/c1-20-17-35(21(2)19-36)28(37)24-15-10-16-25(33-29(38)31-22-11-6-4-7-12-22)27(24)40-26(20)18-34(3)30(39)32-23-13-8-5-9-14-23/h4-16,20-21,26,36H,17-19H2,1-3H3,(H,32,39)(H2,31,33,38)/t20-,21-,26-/m1/s1. The van der Waals surface area contributed by atoms with Crippen molar-refractivity contribution in [3.8, 4) is 5.75 Å². The van der Waals surface area contributed by atoms with E-state index in [2.05, 4.69) is 16.0 Å². The predicted octanol–water partition coefficient (Wildman–Crippen LogP) is 4.71. The maximum Gasteiger partial charge on any atom is 0.323 e. The van der Waals surface area contributed by atoms with E-state index in [0.29, 0.717) is 23.6 Å². The molecule has 3 aromatic carbocycles. The number of ether oxygens (including phenoxy) is 1. The third kappa shape index (κ3) is 6.89. The first kappa shape index (κ1) is 28.4. The minimum atomic E-state index is -0.535. The SMILES string of the molecule is C[C@@H]1CN([C@H](C)CO)C(=O)c2cccc(NC(=O)Nc3ccccc3)c2O[C@@H]1CN(C)C(=O)Nc1ccccc1. The summed E-state index contributed by atoms with van der Waals surface area (Å²) in [5.41, 5.74) is 1.84. The van der Waals surface area contributed by atoms with Crippen molar-refractivity contribution in [2.24, 2.45) is 5.92 Å². The van der Waals surface area contributed by atoms with E-state index >= 15 is 0 Å². The van der Waals surface area contributed by atoms with Crippen molar-refractivity contribution in [3.63, 3.8) is 0 Å². The van der Waals surface area contributed by atoms with Gasteiger partial charge >= 0.3 is 12.1 Å². The highest BCUT2D eigenvalue weighted by Crippen LogP contribution is 2.35. The Morgan fingerprint density at radius 3 is 2.23 bits per heavy atom. The highest BCUT2D eigenvalue weighted by molar-refractivity contribution is 6.04. The number of hydrogen-bond donors (Lipinski definition) is 4. The molecule has 4 rings (SSSR count). The monoisotopic (exact) mass is 545 g/mol. The molecule has 0 radical (unpaired) electrons. The van der Waals surface area contributed by atoms with Gasteiger partial charge in [-0.3, -0.25) is 4.79 Å². The van der Waals surface area contributed by atoms with Gasteiger partial charge < -0.3 is 35.6 Å². The third-order valence-electron chi connectivity index (χ3n) is 6.80. The Kier molecular flexibility index (Phi) is 9.23. The molecule has 10 nitrogen and oxygen atoms in total. The zero-order valence-corrected chi connectivity index (χ0v) is 22.8. The van der Waals surface area contributed by atoms with Gasteiger partial charge in [-0.05, 0) is 43.3 Å². The Morgan fingerprint density at radius 1 is 0.975 bits per heavy atom. The highest BCUT2D eigenvalue weighted by atomic mass is 16.5. The van der Waals surface area contributed by atoms with Crippen LogP contribution in [0.1, 0.15) is 24.2 Å². The summed E-state index contributed by atoms with van der Waals surface area (Å²) in [6.45, 7) is 4.01. The van der Waals surface area contributed by atoms with E-state index in [0.717, 1.165) is 0 Å². The molecular weight excluding hydrogens is 510 g/mol. The molecule has 0 spiro atoms. The molecule has 0 saturated heterocycles. The molecule has 1 aliphatic rings. The number of likely N-dealkylation sites (N-methyl/N-ethyl adjacent to an activating group) is 1. The molecule has 0 fully saturated rings. The number of fused-ring (bicyclic) bond motifs is 1. The van der Waals surface area contributed by atoms with Crippen LogP contribution in [0.4, 0.5) is 26.7 Å². The number of carbonyl (C=O) groups is 3. The first-order valence-corrected chi connectivity index (χ1v) is 13.2. The van der Waals surface area contributed by atoms with Crippen molar-refractivity contribution < 1.29 is 24.2 Å². The van der Waals surface area contributed by atoms with E-state index in [1.54, 1.807) is 61.3 Å². The Morgan fingerprint density at radius 2 is 1.60 bits per heavy atom. The van der Waals surface area contributed by atoms with E-state index in [1.807, 2.05) is 43.3 Å². The summed E-state index contributed by atoms with van der Waals surface area (Å²) in [5, 5.41) is 18.3. The molecule has 1 heterocycles. The molecule has 40 heavy (non-hydrogen) atoms. The number of carbonyl (C=O) groups excluding carboxylic acids is 3. The number of aliphatic hydroxyl groups is 1. The number of amides is 5. The second-order valence-electron chi connectivity index (χ2n) is 9.93. The number of anilines is 3. The van der Waals surface area contributed by atoms with Gasteiger partial charge in [-0.2, -0.15) is 0 Å². The summed E-state index contributed by atoms with van der Waals surface area (Å²) in [7, 11) is 1.67. The van der Waals surface area contributed by atoms with Crippen LogP contribution in [0, 0.1) is 5.92 Å². The summed E-state index contributed by atoms with van der Waals surface area (Å²) in [5.74, 6) is -0.326. The van der Waals surface area contributed by atoms with Gasteiger partial charge in [0.1, 0.15) is 6.10 Å². The highest BCUT2D eigenvalue weighted by Gasteiger charge is 2.35. The molecule has 0 aliphatic carbocycles. The number of aliphatic hydroxyl groups excluding tert-OH is 1. The van der Waals surface area contributed by atoms with Gasteiger partial charge in [-0.15, -0.1) is 0 Å². The summed E-state index contributed by atoms with van der Waals surface area (Å²) < 4.78 is 6.46. The molecule has 5 amide bonds. The van der Waals surface area contributed by atoms with E-state index in [4.69, 9.17) is 4.74 Å². The van der Waals surface area contributed by atoms with Crippen molar-refractivity contribution >= 4 is 35.0 Å². The Bertz CT molecular complexity index is 1320. The van der Waals surface area contributed by atoms with Gasteiger partial charge in [0, 0.05) is 30.9 Å². The van der Waals surface area contributed by atoms with Gasteiger partial charge in [0.15, 0.2) is 5.75 Å². The van der Waals surface area contributed by atoms with Crippen molar-refractivity contribution in [1.82, 2.24) is 9.80 Å².